The van der Waals surface area contributed by atoms with E-state index in [9.17, 15) is 0 Å². The molecule has 1 N–H and O–H groups in total. The fourth-order valence-electron chi connectivity index (χ4n) is 1.99. The Kier molecular flexibility index (Phi) is 3.57. The Balaban J connectivity index is 1.61. The van der Waals surface area contributed by atoms with E-state index in [0.29, 0.717) is 0 Å². The predicted octanol–water partition coefficient (Wildman–Crippen LogP) is 2.84. The summed E-state index contributed by atoms with van der Waals surface area (Å²) >= 11 is 1.76. The lowest BCUT2D eigenvalue weighted by Crippen LogP contribution is -2.22. The van der Waals surface area contributed by atoms with E-state index in [-0.39, 0.29) is 6.04 Å². The first-order chi connectivity index (χ1) is 9.33. The Morgan fingerprint density at radius 3 is 3.05 bits per heavy atom. The number of thiazole rings is 1. The molecule has 98 valence electrons. The quantitative estimate of drug-likeness (QED) is 0.776. The molecular formula is C14H16N4S. The molecule has 0 saturated heterocycles. The van der Waals surface area contributed by atoms with Gasteiger partial charge in [-0.2, -0.15) is 0 Å². The van der Waals surface area contributed by atoms with Gasteiger partial charge in [-0.1, -0.05) is 12.1 Å². The molecule has 0 bridgehead atoms. The zero-order chi connectivity index (χ0) is 13.1. The minimum absolute atomic E-state index is 0.279. The van der Waals surface area contributed by atoms with Crippen LogP contribution in [0.2, 0.25) is 0 Å². The van der Waals surface area contributed by atoms with E-state index >= 15 is 0 Å². The molecule has 1 atom stereocenters. The monoisotopic (exact) mass is 272 g/mol. The zero-order valence-corrected chi connectivity index (χ0v) is 11.6. The number of para-hydroxylation sites is 1. The second kappa shape index (κ2) is 5.50. The van der Waals surface area contributed by atoms with Gasteiger partial charge in [-0.3, -0.25) is 0 Å². The number of aromatic nitrogens is 3. The summed E-state index contributed by atoms with van der Waals surface area (Å²) < 4.78 is 3.32. The van der Waals surface area contributed by atoms with Crippen LogP contribution >= 0.6 is 11.3 Å². The molecule has 1 unspecified atom stereocenters. The van der Waals surface area contributed by atoms with Crippen molar-refractivity contribution in [1.82, 2.24) is 19.9 Å². The molecule has 5 heteroatoms. The molecule has 1 aromatic carbocycles. The summed E-state index contributed by atoms with van der Waals surface area (Å²) in [5.74, 6) is 0. The van der Waals surface area contributed by atoms with E-state index in [1.54, 1.807) is 17.5 Å². The molecule has 0 aliphatic heterocycles. The molecule has 0 saturated carbocycles. The van der Waals surface area contributed by atoms with Crippen LogP contribution in [0, 0.1) is 0 Å². The maximum Gasteiger partial charge on any atom is 0.111 e. The number of rotatable bonds is 5. The van der Waals surface area contributed by atoms with Crippen LogP contribution in [0.3, 0.4) is 0 Å². The largest absolute Gasteiger partial charge is 0.336 e. The van der Waals surface area contributed by atoms with Crippen LogP contribution in [0.25, 0.3) is 10.2 Å². The number of nitrogens with zero attached hydrogens (tertiary/aromatic N) is 3. The highest BCUT2D eigenvalue weighted by molar-refractivity contribution is 7.18. The maximum absolute atomic E-state index is 4.67. The number of hydrogen-bond acceptors (Lipinski definition) is 4. The lowest BCUT2D eigenvalue weighted by molar-refractivity contribution is 0.530. The Morgan fingerprint density at radius 2 is 2.26 bits per heavy atom. The van der Waals surface area contributed by atoms with Crippen molar-refractivity contribution < 1.29 is 0 Å². The van der Waals surface area contributed by atoms with Crippen LogP contribution in [-0.4, -0.2) is 21.1 Å². The molecule has 0 radical (unpaired) electrons. The number of nitrogens with one attached hydrogen (secondary N) is 1. The molecule has 0 fully saturated rings. The van der Waals surface area contributed by atoms with Crippen LogP contribution < -0.4 is 5.32 Å². The van der Waals surface area contributed by atoms with Crippen molar-refractivity contribution in [2.45, 2.75) is 19.5 Å². The van der Waals surface area contributed by atoms with Gasteiger partial charge >= 0.3 is 0 Å². The topological polar surface area (TPSA) is 42.7 Å². The van der Waals surface area contributed by atoms with Crippen LogP contribution in [0.5, 0.6) is 0 Å². The molecule has 3 aromatic rings. The first-order valence-electron chi connectivity index (χ1n) is 6.37. The SMILES string of the molecule is CC(NCCn1ccnc1)c1nc2ccccc2s1. The normalized spacial score (nSPS) is 12.9. The van der Waals surface area contributed by atoms with E-state index in [4.69, 9.17) is 0 Å². The summed E-state index contributed by atoms with van der Waals surface area (Å²) in [6, 6.07) is 8.55. The van der Waals surface area contributed by atoms with E-state index < -0.39 is 0 Å². The van der Waals surface area contributed by atoms with E-state index in [2.05, 4.69) is 45.0 Å². The zero-order valence-electron chi connectivity index (χ0n) is 10.8. The van der Waals surface area contributed by atoms with Gasteiger partial charge in [0.05, 0.1) is 22.6 Å². The first kappa shape index (κ1) is 12.3. The molecule has 0 aliphatic carbocycles. The smallest absolute Gasteiger partial charge is 0.111 e. The highest BCUT2D eigenvalue weighted by atomic mass is 32.1. The van der Waals surface area contributed by atoms with Crippen molar-refractivity contribution in [3.8, 4) is 0 Å². The molecule has 2 aromatic heterocycles. The molecule has 3 rings (SSSR count). The van der Waals surface area contributed by atoms with Gasteiger partial charge in [0.1, 0.15) is 5.01 Å². The standard InChI is InChI=1S/C14H16N4S/c1-11(16-7-9-18-8-6-15-10-18)14-17-12-4-2-3-5-13(12)19-14/h2-6,8,10-11,16H,7,9H2,1H3. The molecule has 0 aliphatic rings. The van der Waals surface area contributed by atoms with E-state index in [0.717, 1.165) is 23.6 Å². The Bertz CT molecular complexity index is 611. The summed E-state index contributed by atoms with van der Waals surface area (Å²) in [6.45, 7) is 3.99. The average Bonchev–Trinajstić information content (AvgIpc) is 3.07. The second-order valence-electron chi connectivity index (χ2n) is 4.50. The fraction of sp³-hybridized carbons (Fsp3) is 0.286. The van der Waals surface area contributed by atoms with Crippen molar-refractivity contribution in [3.63, 3.8) is 0 Å². The van der Waals surface area contributed by atoms with E-state index in [1.165, 1.54) is 4.70 Å². The van der Waals surface area contributed by atoms with Crippen molar-refractivity contribution in [3.05, 3.63) is 48.0 Å². The van der Waals surface area contributed by atoms with Crippen molar-refractivity contribution in [2.24, 2.45) is 0 Å². The number of hydrogen-bond donors (Lipinski definition) is 1. The third-order valence-corrected chi connectivity index (χ3v) is 4.28. The predicted molar refractivity (Wildman–Crippen MR) is 78.3 cm³/mol. The molecule has 4 nitrogen and oxygen atoms in total. The number of fused-ring (bicyclic) bond motifs is 1. The van der Waals surface area contributed by atoms with Gasteiger partial charge in [-0.15, -0.1) is 11.3 Å². The van der Waals surface area contributed by atoms with Crippen molar-refractivity contribution >= 4 is 21.6 Å². The molecule has 0 spiro atoms. The lowest BCUT2D eigenvalue weighted by Gasteiger charge is -2.10. The summed E-state index contributed by atoms with van der Waals surface area (Å²) in [5.41, 5.74) is 1.09. The molecule has 0 amide bonds. The van der Waals surface area contributed by atoms with Gasteiger partial charge in [-0.25, -0.2) is 9.97 Å². The highest BCUT2D eigenvalue weighted by Crippen LogP contribution is 2.25. The Hall–Kier alpha value is -1.72. The Labute approximate surface area is 116 Å². The average molecular weight is 272 g/mol. The third kappa shape index (κ3) is 2.83. The number of imidazole rings is 1. The van der Waals surface area contributed by atoms with Crippen LogP contribution in [0.4, 0.5) is 0 Å². The molecular weight excluding hydrogens is 256 g/mol. The van der Waals surface area contributed by atoms with Gasteiger partial charge in [0, 0.05) is 25.5 Å². The van der Waals surface area contributed by atoms with Gasteiger partial charge < -0.3 is 9.88 Å². The van der Waals surface area contributed by atoms with Crippen LogP contribution in [0.15, 0.2) is 43.0 Å². The van der Waals surface area contributed by atoms with Gasteiger partial charge in [-0.05, 0) is 19.1 Å². The minimum atomic E-state index is 0.279. The highest BCUT2D eigenvalue weighted by Gasteiger charge is 2.10. The third-order valence-electron chi connectivity index (χ3n) is 3.06. The van der Waals surface area contributed by atoms with Crippen LogP contribution in [0.1, 0.15) is 18.0 Å². The second-order valence-corrected chi connectivity index (χ2v) is 5.56. The summed E-state index contributed by atoms with van der Waals surface area (Å²) in [6.07, 6.45) is 5.62. The minimum Gasteiger partial charge on any atom is -0.336 e. The van der Waals surface area contributed by atoms with Crippen LogP contribution in [-0.2, 0) is 6.54 Å². The summed E-state index contributed by atoms with van der Waals surface area (Å²) in [7, 11) is 0. The molecule has 19 heavy (non-hydrogen) atoms. The summed E-state index contributed by atoms with van der Waals surface area (Å²) in [5, 5.41) is 4.64. The fourth-order valence-corrected chi connectivity index (χ4v) is 2.99. The van der Waals surface area contributed by atoms with Crippen molar-refractivity contribution in [2.75, 3.05) is 6.54 Å². The maximum atomic E-state index is 4.67. The summed E-state index contributed by atoms with van der Waals surface area (Å²) in [4.78, 5) is 8.70. The lowest BCUT2D eigenvalue weighted by atomic mass is 10.3. The van der Waals surface area contributed by atoms with Gasteiger partial charge in [0.25, 0.3) is 0 Å². The van der Waals surface area contributed by atoms with Crippen molar-refractivity contribution in [1.29, 1.82) is 0 Å². The molecule has 2 heterocycles. The van der Waals surface area contributed by atoms with Gasteiger partial charge in [0.2, 0.25) is 0 Å². The first-order valence-corrected chi connectivity index (χ1v) is 7.19. The van der Waals surface area contributed by atoms with Gasteiger partial charge in [0.15, 0.2) is 0 Å². The number of benzene rings is 1. The Morgan fingerprint density at radius 1 is 1.37 bits per heavy atom. The van der Waals surface area contributed by atoms with E-state index in [1.807, 2.05) is 18.6 Å².